The molecule has 0 radical (unpaired) electrons. The molecule has 0 saturated heterocycles. The van der Waals surface area contributed by atoms with Gasteiger partial charge >= 0.3 is 0 Å². The third-order valence-corrected chi connectivity index (χ3v) is 2.92. The summed E-state index contributed by atoms with van der Waals surface area (Å²) in [6.07, 6.45) is 0. The fraction of sp³-hybridized carbons (Fsp3) is 0.133. The summed E-state index contributed by atoms with van der Waals surface area (Å²) in [5.74, 6) is 0.309. The highest BCUT2D eigenvalue weighted by Gasteiger charge is 2.15. The van der Waals surface area contributed by atoms with Gasteiger partial charge in [0.1, 0.15) is 17.2 Å². The van der Waals surface area contributed by atoms with E-state index in [-0.39, 0.29) is 11.3 Å². The van der Waals surface area contributed by atoms with Gasteiger partial charge in [0.05, 0.1) is 25.5 Å². The molecule has 0 unspecified atom stereocenters. The van der Waals surface area contributed by atoms with Gasteiger partial charge in [-0.1, -0.05) is 0 Å². The van der Waals surface area contributed by atoms with Crippen LogP contribution in [0.25, 0.3) is 0 Å². The van der Waals surface area contributed by atoms with Crippen LogP contribution in [0.5, 0.6) is 17.2 Å². The summed E-state index contributed by atoms with van der Waals surface area (Å²) >= 11 is 0. The molecule has 0 fully saturated rings. The predicted octanol–water partition coefficient (Wildman–Crippen LogP) is 2.24. The monoisotopic (exact) mass is 288 g/mol. The Kier molecular flexibility index (Phi) is 4.18. The van der Waals surface area contributed by atoms with Crippen LogP contribution in [-0.4, -0.2) is 25.2 Å². The van der Waals surface area contributed by atoms with Crippen molar-refractivity contribution in [1.82, 2.24) is 0 Å². The van der Waals surface area contributed by atoms with Crippen LogP contribution in [0.4, 0.5) is 11.4 Å². The van der Waals surface area contributed by atoms with Gasteiger partial charge in [-0.3, -0.25) is 4.79 Å². The third kappa shape index (κ3) is 3.17. The van der Waals surface area contributed by atoms with E-state index in [1.54, 1.807) is 24.3 Å². The molecule has 0 bridgehead atoms. The molecular weight excluding hydrogens is 272 g/mol. The zero-order valence-electron chi connectivity index (χ0n) is 11.7. The second-order valence-electron chi connectivity index (χ2n) is 4.30. The first-order chi connectivity index (χ1) is 10.0. The fourth-order valence-corrected chi connectivity index (χ4v) is 1.84. The first kappa shape index (κ1) is 14.5. The minimum absolute atomic E-state index is 0.0961. The summed E-state index contributed by atoms with van der Waals surface area (Å²) < 4.78 is 10.2. The van der Waals surface area contributed by atoms with Gasteiger partial charge in [-0.2, -0.15) is 0 Å². The van der Waals surface area contributed by atoms with Crippen LogP contribution in [0.1, 0.15) is 10.4 Å². The number of hydrogen-bond donors (Lipinski definition) is 3. The van der Waals surface area contributed by atoms with Gasteiger partial charge in [-0.25, -0.2) is 0 Å². The number of carbonyl (C=O) groups is 1. The Morgan fingerprint density at radius 1 is 1.14 bits per heavy atom. The normalized spacial score (nSPS) is 10.0. The number of phenols is 1. The van der Waals surface area contributed by atoms with Crippen LogP contribution in [0.2, 0.25) is 0 Å². The molecule has 6 nitrogen and oxygen atoms in total. The van der Waals surface area contributed by atoms with Crippen molar-refractivity contribution in [2.24, 2.45) is 0 Å². The van der Waals surface area contributed by atoms with E-state index in [1.807, 2.05) is 0 Å². The molecule has 0 aliphatic carbocycles. The number of amides is 1. The standard InChI is InChI=1S/C15H16N2O4/c1-20-10-4-5-13(18)11(8-10)15(19)17-12-7-9(16)3-6-14(12)21-2/h3-8,18H,16H2,1-2H3,(H,17,19). The summed E-state index contributed by atoms with van der Waals surface area (Å²) in [4.78, 5) is 12.3. The molecule has 21 heavy (non-hydrogen) atoms. The first-order valence-corrected chi connectivity index (χ1v) is 6.17. The van der Waals surface area contributed by atoms with Crippen molar-refractivity contribution in [2.75, 3.05) is 25.3 Å². The highest BCUT2D eigenvalue weighted by molar-refractivity contribution is 6.07. The van der Waals surface area contributed by atoms with E-state index in [1.165, 1.54) is 26.4 Å². The number of methoxy groups -OCH3 is 2. The summed E-state index contributed by atoms with van der Waals surface area (Å²) in [5, 5.41) is 12.4. The maximum atomic E-state index is 12.3. The summed E-state index contributed by atoms with van der Waals surface area (Å²) in [6.45, 7) is 0. The molecule has 0 saturated carbocycles. The van der Waals surface area contributed by atoms with Crippen LogP contribution < -0.4 is 20.5 Å². The number of anilines is 2. The largest absolute Gasteiger partial charge is 0.507 e. The van der Waals surface area contributed by atoms with Gasteiger partial charge in [-0.15, -0.1) is 0 Å². The molecule has 4 N–H and O–H groups in total. The van der Waals surface area contributed by atoms with Gasteiger partial charge in [0.2, 0.25) is 0 Å². The molecule has 0 aromatic heterocycles. The second kappa shape index (κ2) is 6.04. The minimum atomic E-state index is -0.490. The predicted molar refractivity (Wildman–Crippen MR) is 80.0 cm³/mol. The summed E-state index contributed by atoms with van der Waals surface area (Å²) in [7, 11) is 2.97. The average Bonchev–Trinajstić information content (AvgIpc) is 2.48. The van der Waals surface area contributed by atoms with Crippen molar-refractivity contribution in [1.29, 1.82) is 0 Å². The Labute approximate surface area is 122 Å². The number of rotatable bonds is 4. The van der Waals surface area contributed by atoms with Gasteiger partial charge in [0.25, 0.3) is 5.91 Å². The lowest BCUT2D eigenvalue weighted by molar-refractivity contribution is 0.102. The second-order valence-corrected chi connectivity index (χ2v) is 4.30. The maximum absolute atomic E-state index is 12.3. The van der Waals surface area contributed by atoms with E-state index in [4.69, 9.17) is 15.2 Å². The molecule has 110 valence electrons. The van der Waals surface area contributed by atoms with Crippen LogP contribution in [0.3, 0.4) is 0 Å². The quantitative estimate of drug-likeness (QED) is 0.750. The maximum Gasteiger partial charge on any atom is 0.259 e. The Morgan fingerprint density at radius 3 is 2.57 bits per heavy atom. The summed E-state index contributed by atoms with van der Waals surface area (Å²) in [6, 6.07) is 9.29. The van der Waals surface area contributed by atoms with E-state index in [0.29, 0.717) is 22.9 Å². The Bertz CT molecular complexity index is 671. The zero-order chi connectivity index (χ0) is 15.4. The Morgan fingerprint density at radius 2 is 1.90 bits per heavy atom. The van der Waals surface area contributed by atoms with Crippen LogP contribution in [-0.2, 0) is 0 Å². The SMILES string of the molecule is COc1ccc(O)c(C(=O)Nc2cc(N)ccc2OC)c1. The molecule has 0 heterocycles. The fourth-order valence-electron chi connectivity index (χ4n) is 1.84. The van der Waals surface area contributed by atoms with E-state index < -0.39 is 5.91 Å². The number of nitrogens with one attached hydrogen (secondary N) is 1. The Balaban J connectivity index is 2.32. The van der Waals surface area contributed by atoms with Gasteiger partial charge < -0.3 is 25.6 Å². The summed E-state index contributed by atoms with van der Waals surface area (Å²) in [5.41, 5.74) is 6.70. The van der Waals surface area contributed by atoms with Gasteiger partial charge in [0.15, 0.2) is 0 Å². The van der Waals surface area contributed by atoms with Crippen molar-refractivity contribution in [3.8, 4) is 17.2 Å². The van der Waals surface area contributed by atoms with Crippen LogP contribution in [0, 0.1) is 0 Å². The van der Waals surface area contributed by atoms with Crippen molar-refractivity contribution in [3.63, 3.8) is 0 Å². The molecule has 0 atom stereocenters. The smallest absolute Gasteiger partial charge is 0.259 e. The van der Waals surface area contributed by atoms with E-state index in [0.717, 1.165) is 0 Å². The van der Waals surface area contributed by atoms with Gasteiger partial charge in [0, 0.05) is 5.69 Å². The highest BCUT2D eigenvalue weighted by Crippen LogP contribution is 2.29. The Hall–Kier alpha value is -2.89. The lowest BCUT2D eigenvalue weighted by Crippen LogP contribution is -2.13. The molecule has 0 spiro atoms. The van der Waals surface area contributed by atoms with Crippen molar-refractivity contribution in [2.45, 2.75) is 0 Å². The molecule has 2 rings (SSSR count). The number of hydrogen-bond acceptors (Lipinski definition) is 5. The first-order valence-electron chi connectivity index (χ1n) is 6.17. The van der Waals surface area contributed by atoms with Crippen LogP contribution >= 0.6 is 0 Å². The van der Waals surface area contributed by atoms with E-state index in [2.05, 4.69) is 5.32 Å². The van der Waals surface area contributed by atoms with Crippen molar-refractivity contribution < 1.29 is 19.4 Å². The van der Waals surface area contributed by atoms with Gasteiger partial charge in [-0.05, 0) is 36.4 Å². The third-order valence-electron chi connectivity index (χ3n) is 2.92. The lowest BCUT2D eigenvalue weighted by atomic mass is 10.1. The topological polar surface area (TPSA) is 93.8 Å². The molecule has 2 aromatic rings. The van der Waals surface area contributed by atoms with E-state index >= 15 is 0 Å². The van der Waals surface area contributed by atoms with Crippen molar-refractivity contribution >= 4 is 17.3 Å². The van der Waals surface area contributed by atoms with Crippen molar-refractivity contribution in [3.05, 3.63) is 42.0 Å². The number of ether oxygens (including phenoxy) is 2. The lowest BCUT2D eigenvalue weighted by Gasteiger charge is -2.12. The zero-order valence-corrected chi connectivity index (χ0v) is 11.7. The number of carbonyl (C=O) groups excluding carboxylic acids is 1. The van der Waals surface area contributed by atoms with Crippen LogP contribution in [0.15, 0.2) is 36.4 Å². The number of aromatic hydroxyl groups is 1. The minimum Gasteiger partial charge on any atom is -0.507 e. The number of phenolic OH excluding ortho intramolecular Hbond substituents is 1. The molecule has 0 aliphatic heterocycles. The van der Waals surface area contributed by atoms with E-state index in [9.17, 15) is 9.90 Å². The molecular formula is C15H16N2O4. The molecule has 0 aliphatic rings. The highest BCUT2D eigenvalue weighted by atomic mass is 16.5. The number of nitrogens with two attached hydrogens (primary N) is 1. The number of benzene rings is 2. The molecule has 6 heteroatoms. The average molecular weight is 288 g/mol. The molecule has 2 aromatic carbocycles. The number of nitrogen functional groups attached to an aromatic ring is 1. The molecule has 1 amide bonds.